The van der Waals surface area contributed by atoms with Crippen molar-refractivity contribution >= 4 is 11.4 Å². The maximum atomic E-state index is 7.51. The molecule has 1 aromatic carbocycles. The summed E-state index contributed by atoms with van der Waals surface area (Å²) >= 11 is 0. The first kappa shape index (κ1) is 22.2. The summed E-state index contributed by atoms with van der Waals surface area (Å²) in [7, 11) is 0. The highest BCUT2D eigenvalue weighted by molar-refractivity contribution is 5.80. The van der Waals surface area contributed by atoms with Gasteiger partial charge in [-0.2, -0.15) is 0 Å². The predicted molar refractivity (Wildman–Crippen MR) is 107 cm³/mol. The summed E-state index contributed by atoms with van der Waals surface area (Å²) in [6, 6.07) is 0. The Labute approximate surface area is 159 Å². The zero-order chi connectivity index (χ0) is 19.7. The van der Waals surface area contributed by atoms with Crippen molar-refractivity contribution in [3.63, 3.8) is 0 Å². The molecular weight excluding hydrogens is 324 g/mol. The summed E-state index contributed by atoms with van der Waals surface area (Å²) in [5, 5.41) is 0. The van der Waals surface area contributed by atoms with E-state index in [2.05, 4.69) is 37.4 Å². The molecule has 0 aliphatic carbocycles. The number of ether oxygens (including phenoxy) is 2. The van der Waals surface area contributed by atoms with Gasteiger partial charge in [0.05, 0.1) is 38.6 Å². The van der Waals surface area contributed by atoms with Crippen molar-refractivity contribution in [2.24, 2.45) is 0 Å². The quantitative estimate of drug-likeness (QED) is 0.430. The molecule has 0 fully saturated rings. The van der Waals surface area contributed by atoms with Crippen molar-refractivity contribution in [1.82, 2.24) is 0 Å². The van der Waals surface area contributed by atoms with E-state index < -0.39 is 0 Å². The van der Waals surface area contributed by atoms with Gasteiger partial charge in [0.2, 0.25) is 0 Å². The van der Waals surface area contributed by atoms with Crippen LogP contribution >= 0.6 is 0 Å². The van der Waals surface area contributed by atoms with Gasteiger partial charge in [-0.3, -0.25) is 0 Å². The molecule has 2 atom stereocenters. The van der Waals surface area contributed by atoms with E-state index in [0.29, 0.717) is 24.6 Å². The molecular formula is C22H32N2O2. The van der Waals surface area contributed by atoms with Crippen LogP contribution in [0.2, 0.25) is 0 Å². The fourth-order valence-corrected chi connectivity index (χ4v) is 3.19. The van der Waals surface area contributed by atoms with Gasteiger partial charge in [-0.25, -0.2) is 9.69 Å². The van der Waals surface area contributed by atoms with Crippen molar-refractivity contribution in [2.75, 3.05) is 0 Å². The lowest BCUT2D eigenvalue weighted by molar-refractivity contribution is 0.0358. The molecule has 4 nitrogen and oxygen atoms in total. The number of hydrogen-bond donors (Lipinski definition) is 0. The molecule has 0 aromatic heterocycles. The van der Waals surface area contributed by atoms with Gasteiger partial charge >= 0.3 is 0 Å². The SMILES string of the molecule is [C-]#[N+]c1c(C)c(CO[C@H](C)CCC)c(CO[C@H](C)CCC)c(C)c1[N+]#[C-]. The monoisotopic (exact) mass is 356 g/mol. The van der Waals surface area contributed by atoms with Crippen LogP contribution in [0.3, 0.4) is 0 Å². The van der Waals surface area contributed by atoms with E-state index in [4.69, 9.17) is 22.6 Å². The number of benzene rings is 1. The standard InChI is InChI=1S/C22H32N2O2/c1-9-11-15(3)25-13-19-17(5)21(23-7)22(24-8)18(6)20(19)14-26-16(4)12-10-2/h15-16H,9-14H2,1-6H3/t15-,16-/m1/s1. The lowest BCUT2D eigenvalue weighted by atomic mass is 9.94. The van der Waals surface area contributed by atoms with Gasteiger partial charge in [0.25, 0.3) is 0 Å². The molecule has 0 aliphatic heterocycles. The first-order valence-corrected chi connectivity index (χ1v) is 9.54. The van der Waals surface area contributed by atoms with E-state index in [9.17, 15) is 0 Å². The van der Waals surface area contributed by atoms with Crippen molar-refractivity contribution in [2.45, 2.75) is 92.6 Å². The Balaban J connectivity index is 3.27. The number of rotatable bonds is 10. The van der Waals surface area contributed by atoms with Gasteiger partial charge in [-0.05, 0) is 37.8 Å². The van der Waals surface area contributed by atoms with E-state index in [0.717, 1.165) is 47.9 Å². The molecule has 0 saturated carbocycles. The molecule has 0 radical (unpaired) electrons. The Morgan fingerprint density at radius 1 is 0.769 bits per heavy atom. The van der Waals surface area contributed by atoms with Gasteiger partial charge in [0.1, 0.15) is 0 Å². The summed E-state index contributed by atoms with van der Waals surface area (Å²) in [6.07, 6.45) is 4.51. The number of hydrogen-bond acceptors (Lipinski definition) is 2. The minimum Gasteiger partial charge on any atom is -0.374 e. The molecule has 1 rings (SSSR count). The normalized spacial score (nSPS) is 13.1. The zero-order valence-corrected chi connectivity index (χ0v) is 17.1. The van der Waals surface area contributed by atoms with Crippen molar-refractivity contribution in [1.29, 1.82) is 0 Å². The minimum atomic E-state index is 0.171. The molecule has 0 aliphatic rings. The predicted octanol–water partition coefficient (Wildman–Crippen LogP) is 6.82. The average Bonchev–Trinajstić information content (AvgIpc) is 2.61. The molecule has 1 aromatic rings. The molecule has 0 saturated heterocycles. The fourth-order valence-electron chi connectivity index (χ4n) is 3.19. The van der Waals surface area contributed by atoms with Gasteiger partial charge in [0.15, 0.2) is 11.4 Å². The minimum absolute atomic E-state index is 0.171. The second-order valence-electron chi connectivity index (χ2n) is 6.95. The summed E-state index contributed by atoms with van der Waals surface area (Å²) in [5.41, 5.74) is 4.61. The van der Waals surface area contributed by atoms with Gasteiger partial charge in [-0.15, -0.1) is 0 Å². The Morgan fingerprint density at radius 3 is 1.38 bits per heavy atom. The van der Waals surface area contributed by atoms with Gasteiger partial charge in [-0.1, -0.05) is 51.7 Å². The first-order chi connectivity index (χ1) is 12.4. The van der Waals surface area contributed by atoms with Crippen LogP contribution in [0.5, 0.6) is 0 Å². The summed E-state index contributed by atoms with van der Waals surface area (Å²) in [6.45, 7) is 28.2. The summed E-state index contributed by atoms with van der Waals surface area (Å²) in [4.78, 5) is 7.26. The number of nitrogens with zero attached hydrogens (tertiary/aromatic N) is 2. The largest absolute Gasteiger partial charge is 0.374 e. The zero-order valence-electron chi connectivity index (χ0n) is 17.1. The fraction of sp³-hybridized carbons (Fsp3) is 0.636. The Morgan fingerprint density at radius 2 is 1.12 bits per heavy atom. The van der Waals surface area contributed by atoms with E-state index >= 15 is 0 Å². The second kappa shape index (κ2) is 11.0. The Kier molecular flexibility index (Phi) is 9.35. The molecule has 0 spiro atoms. The van der Waals surface area contributed by atoms with Crippen molar-refractivity contribution < 1.29 is 9.47 Å². The van der Waals surface area contributed by atoms with Crippen molar-refractivity contribution in [3.05, 3.63) is 45.1 Å². The second-order valence-corrected chi connectivity index (χ2v) is 6.95. The maximum absolute atomic E-state index is 7.51. The first-order valence-electron chi connectivity index (χ1n) is 9.54. The average molecular weight is 357 g/mol. The third-order valence-corrected chi connectivity index (χ3v) is 4.84. The van der Waals surface area contributed by atoms with E-state index in [-0.39, 0.29) is 12.2 Å². The summed E-state index contributed by atoms with van der Waals surface area (Å²) in [5.74, 6) is 0. The smallest absolute Gasteiger partial charge is 0.198 e. The summed E-state index contributed by atoms with van der Waals surface area (Å²) < 4.78 is 12.1. The Bertz CT molecular complexity index is 624. The molecule has 0 heterocycles. The van der Waals surface area contributed by atoms with Crippen LogP contribution in [0.4, 0.5) is 11.4 Å². The molecule has 0 bridgehead atoms. The lowest BCUT2D eigenvalue weighted by Crippen LogP contribution is -2.13. The highest BCUT2D eigenvalue weighted by atomic mass is 16.5. The highest BCUT2D eigenvalue weighted by Crippen LogP contribution is 2.41. The van der Waals surface area contributed by atoms with Crippen LogP contribution in [-0.4, -0.2) is 12.2 Å². The van der Waals surface area contributed by atoms with E-state index in [1.54, 1.807) is 0 Å². The third-order valence-electron chi connectivity index (χ3n) is 4.84. The molecule has 0 N–H and O–H groups in total. The van der Waals surface area contributed by atoms with Crippen LogP contribution in [-0.2, 0) is 22.7 Å². The Hall–Kier alpha value is -1.88. The van der Waals surface area contributed by atoms with Gasteiger partial charge < -0.3 is 9.47 Å². The molecule has 0 unspecified atom stereocenters. The highest BCUT2D eigenvalue weighted by Gasteiger charge is 2.21. The van der Waals surface area contributed by atoms with Crippen LogP contribution in [0.1, 0.15) is 75.6 Å². The molecule has 26 heavy (non-hydrogen) atoms. The lowest BCUT2D eigenvalue weighted by Gasteiger charge is -2.22. The van der Waals surface area contributed by atoms with Crippen LogP contribution in [0.15, 0.2) is 0 Å². The maximum Gasteiger partial charge on any atom is 0.198 e. The van der Waals surface area contributed by atoms with Crippen molar-refractivity contribution in [3.8, 4) is 0 Å². The topological polar surface area (TPSA) is 27.2 Å². The molecule has 0 amide bonds. The van der Waals surface area contributed by atoms with Gasteiger partial charge in [0, 0.05) is 0 Å². The van der Waals surface area contributed by atoms with Crippen LogP contribution in [0.25, 0.3) is 9.69 Å². The van der Waals surface area contributed by atoms with Crippen LogP contribution in [0, 0.1) is 27.0 Å². The molecule has 4 heteroatoms. The van der Waals surface area contributed by atoms with E-state index in [1.807, 2.05) is 13.8 Å². The van der Waals surface area contributed by atoms with Crippen LogP contribution < -0.4 is 0 Å². The third kappa shape index (κ3) is 5.56. The van der Waals surface area contributed by atoms with E-state index in [1.165, 1.54) is 0 Å². The molecule has 142 valence electrons.